The second-order valence-electron chi connectivity index (χ2n) is 12.3. The highest BCUT2D eigenvalue weighted by Crippen LogP contribution is 2.43. The number of hydrogen-bond donors (Lipinski definition) is 0. The minimum absolute atomic E-state index is 0.0477. The summed E-state index contributed by atoms with van der Waals surface area (Å²) < 4.78 is 181. The van der Waals surface area contributed by atoms with E-state index in [1.165, 1.54) is 6.07 Å². The smallest absolute Gasteiger partial charge is 0.432 e. The van der Waals surface area contributed by atoms with Gasteiger partial charge in [0.15, 0.2) is 29.9 Å². The molecule has 0 unspecified atom stereocenters. The van der Waals surface area contributed by atoms with Crippen LogP contribution in [0.25, 0.3) is 0 Å². The van der Waals surface area contributed by atoms with Crippen LogP contribution in [-0.2, 0) is 21.7 Å². The molecule has 5 rings (SSSR count). The van der Waals surface area contributed by atoms with E-state index in [0.717, 1.165) is 25.0 Å². The molecule has 5 nitrogen and oxygen atoms in total. The zero-order chi connectivity index (χ0) is 37.1. The molecule has 0 spiro atoms. The molecule has 1 aliphatic carbocycles. The SMILES string of the molecule is CCCC1COC(C2CCC(c3ccc(C(F)(F)Oc4cc(F)c(C(F)(F)Oc5cc(F)c(OC=C(F)F)c(F)c5)c(F)c4)c(F)c3)CC2)OC1. The van der Waals surface area contributed by atoms with E-state index < -0.39 is 75.8 Å². The third kappa shape index (κ3) is 9.07. The quantitative estimate of drug-likeness (QED) is 0.137. The molecule has 3 aromatic carbocycles. The van der Waals surface area contributed by atoms with Gasteiger partial charge in [-0.15, -0.1) is 0 Å². The van der Waals surface area contributed by atoms with E-state index >= 15 is 13.2 Å². The Morgan fingerprint density at radius 3 is 1.82 bits per heavy atom. The molecule has 1 saturated carbocycles. The maximum absolute atomic E-state index is 15.1. The molecule has 2 fully saturated rings. The van der Waals surface area contributed by atoms with Crippen molar-refractivity contribution in [3.05, 3.63) is 101 Å². The van der Waals surface area contributed by atoms with Crippen LogP contribution in [0.5, 0.6) is 17.2 Å². The summed E-state index contributed by atoms with van der Waals surface area (Å²) in [4.78, 5) is 0. The van der Waals surface area contributed by atoms with E-state index in [1.807, 2.05) is 0 Å². The van der Waals surface area contributed by atoms with Gasteiger partial charge in [0.2, 0.25) is 0 Å². The standard InChI is InChI=1S/C35H31F11O5/c1-2-3-18-15-48-33(49-16-18)20-6-4-19(5-7-20)21-8-9-24(25(36)10-21)34(43,44)50-22-11-26(37)31(27(38)12-22)35(45,46)51-23-13-28(39)32(29(40)14-23)47-17-30(41)42/h8-14,17-20,33H,2-7,15-16H2,1H3. The summed E-state index contributed by atoms with van der Waals surface area (Å²) in [6.07, 6.45) is -7.96. The van der Waals surface area contributed by atoms with Gasteiger partial charge in [-0.25, -0.2) is 22.0 Å². The molecule has 0 aromatic heterocycles. The fourth-order valence-electron chi connectivity index (χ4n) is 6.25. The largest absolute Gasteiger partial charge is 0.453 e. The second-order valence-corrected chi connectivity index (χ2v) is 12.3. The van der Waals surface area contributed by atoms with E-state index in [4.69, 9.17) is 9.47 Å². The average molecular weight is 741 g/mol. The second kappa shape index (κ2) is 15.7. The normalized spacial score (nSPS) is 21.3. The zero-order valence-corrected chi connectivity index (χ0v) is 26.8. The molecular weight excluding hydrogens is 709 g/mol. The summed E-state index contributed by atoms with van der Waals surface area (Å²) >= 11 is 0. The van der Waals surface area contributed by atoms with Crippen molar-refractivity contribution in [1.29, 1.82) is 0 Å². The van der Waals surface area contributed by atoms with Gasteiger partial charge in [-0.05, 0) is 55.7 Å². The highest BCUT2D eigenvalue weighted by Gasteiger charge is 2.44. The summed E-state index contributed by atoms with van der Waals surface area (Å²) in [7, 11) is 0. The number of ether oxygens (including phenoxy) is 5. The van der Waals surface area contributed by atoms with Crippen LogP contribution in [0.2, 0.25) is 0 Å². The molecule has 1 aliphatic heterocycles. The van der Waals surface area contributed by atoms with Gasteiger partial charge in [0, 0.05) is 36.1 Å². The van der Waals surface area contributed by atoms with Gasteiger partial charge >= 0.3 is 18.3 Å². The van der Waals surface area contributed by atoms with Crippen LogP contribution in [-0.4, -0.2) is 19.5 Å². The predicted octanol–water partition coefficient (Wildman–Crippen LogP) is 10.8. The van der Waals surface area contributed by atoms with Gasteiger partial charge in [-0.3, -0.25) is 0 Å². The Morgan fingerprint density at radius 1 is 0.745 bits per heavy atom. The Balaban J connectivity index is 1.23. The summed E-state index contributed by atoms with van der Waals surface area (Å²) in [5, 5.41) is 0. The number of alkyl halides is 4. The number of benzene rings is 3. The molecule has 2 aliphatic rings. The van der Waals surface area contributed by atoms with Crippen LogP contribution < -0.4 is 14.2 Å². The van der Waals surface area contributed by atoms with E-state index in [-0.39, 0.29) is 48.7 Å². The van der Waals surface area contributed by atoms with Crippen molar-refractivity contribution in [1.82, 2.24) is 0 Å². The number of rotatable bonds is 12. The molecule has 3 aromatic rings. The lowest BCUT2D eigenvalue weighted by atomic mass is 9.78. The molecule has 0 N–H and O–H groups in total. The third-order valence-electron chi connectivity index (χ3n) is 8.66. The molecule has 1 heterocycles. The summed E-state index contributed by atoms with van der Waals surface area (Å²) in [6.45, 7) is 3.33. The van der Waals surface area contributed by atoms with Crippen molar-refractivity contribution in [3.63, 3.8) is 0 Å². The lowest BCUT2D eigenvalue weighted by Crippen LogP contribution is -2.38. The first-order chi connectivity index (χ1) is 24.1. The lowest BCUT2D eigenvalue weighted by molar-refractivity contribution is -0.229. The molecule has 0 atom stereocenters. The van der Waals surface area contributed by atoms with Gasteiger partial charge in [-0.2, -0.15) is 26.3 Å². The fraction of sp³-hybridized carbons (Fsp3) is 0.429. The van der Waals surface area contributed by atoms with Crippen LogP contribution in [0.4, 0.5) is 48.3 Å². The monoisotopic (exact) mass is 740 g/mol. The summed E-state index contributed by atoms with van der Waals surface area (Å²) in [5.41, 5.74) is -2.99. The minimum atomic E-state index is -5.00. The summed E-state index contributed by atoms with van der Waals surface area (Å²) in [6, 6.07) is 2.98. The Morgan fingerprint density at radius 2 is 1.29 bits per heavy atom. The summed E-state index contributed by atoms with van der Waals surface area (Å²) in [5.74, 6) is -13.0. The molecule has 51 heavy (non-hydrogen) atoms. The Kier molecular flexibility index (Phi) is 11.7. The molecule has 0 amide bonds. The molecular formula is C35H31F11O5. The fourth-order valence-corrected chi connectivity index (χ4v) is 6.25. The first kappa shape index (κ1) is 38.2. The lowest BCUT2D eigenvalue weighted by Gasteiger charge is -2.37. The Labute approximate surface area is 284 Å². The van der Waals surface area contributed by atoms with Crippen molar-refractivity contribution in [3.8, 4) is 17.2 Å². The van der Waals surface area contributed by atoms with E-state index in [1.54, 1.807) is 0 Å². The Hall–Kier alpha value is -4.05. The van der Waals surface area contributed by atoms with Crippen molar-refractivity contribution in [2.24, 2.45) is 11.8 Å². The third-order valence-corrected chi connectivity index (χ3v) is 8.66. The van der Waals surface area contributed by atoms with Crippen molar-refractivity contribution in [2.45, 2.75) is 69.9 Å². The molecule has 1 saturated heterocycles. The van der Waals surface area contributed by atoms with Crippen molar-refractivity contribution in [2.75, 3.05) is 13.2 Å². The number of hydrogen-bond acceptors (Lipinski definition) is 5. The van der Waals surface area contributed by atoms with Crippen LogP contribution >= 0.6 is 0 Å². The first-order valence-electron chi connectivity index (χ1n) is 15.9. The maximum Gasteiger partial charge on any atom is 0.432 e. The van der Waals surface area contributed by atoms with Gasteiger partial charge in [0.25, 0.3) is 0 Å². The molecule has 16 heteroatoms. The van der Waals surface area contributed by atoms with Crippen LogP contribution in [0.1, 0.15) is 68.1 Å². The van der Waals surface area contributed by atoms with E-state index in [0.29, 0.717) is 50.4 Å². The highest BCUT2D eigenvalue weighted by molar-refractivity contribution is 5.38. The number of halogens is 11. The van der Waals surface area contributed by atoms with Crippen molar-refractivity contribution >= 4 is 0 Å². The van der Waals surface area contributed by atoms with Crippen LogP contribution in [0.3, 0.4) is 0 Å². The van der Waals surface area contributed by atoms with Crippen molar-refractivity contribution < 1.29 is 72.0 Å². The van der Waals surface area contributed by atoms with Gasteiger partial charge in [0.05, 0.1) is 18.8 Å². The van der Waals surface area contributed by atoms with E-state index in [2.05, 4.69) is 21.1 Å². The maximum atomic E-state index is 15.1. The van der Waals surface area contributed by atoms with E-state index in [9.17, 15) is 35.1 Å². The molecule has 278 valence electrons. The average Bonchev–Trinajstić information content (AvgIpc) is 3.04. The molecule has 0 bridgehead atoms. The van der Waals surface area contributed by atoms with Gasteiger partial charge < -0.3 is 23.7 Å². The van der Waals surface area contributed by atoms with Crippen LogP contribution in [0.15, 0.2) is 54.8 Å². The topological polar surface area (TPSA) is 46.2 Å². The zero-order valence-electron chi connectivity index (χ0n) is 26.8. The minimum Gasteiger partial charge on any atom is -0.453 e. The van der Waals surface area contributed by atoms with Gasteiger partial charge in [0.1, 0.15) is 34.5 Å². The first-order valence-corrected chi connectivity index (χ1v) is 15.9. The van der Waals surface area contributed by atoms with Gasteiger partial charge in [-0.1, -0.05) is 19.4 Å². The predicted molar refractivity (Wildman–Crippen MR) is 158 cm³/mol. The Bertz CT molecular complexity index is 1670. The van der Waals surface area contributed by atoms with Crippen LogP contribution in [0, 0.1) is 40.9 Å². The highest BCUT2D eigenvalue weighted by atomic mass is 19.3. The molecule has 0 radical (unpaired) electrons.